The Morgan fingerprint density at radius 2 is 2.32 bits per heavy atom. The third-order valence-corrected chi connectivity index (χ3v) is 5.25. The van der Waals surface area contributed by atoms with Crippen molar-refractivity contribution in [3.63, 3.8) is 0 Å². The molecule has 3 rings (SSSR count). The van der Waals surface area contributed by atoms with Crippen molar-refractivity contribution < 1.29 is 4.92 Å². The Balaban J connectivity index is 0.00000225. The normalized spacial score (nSPS) is 14.2. The highest BCUT2D eigenvalue weighted by molar-refractivity contribution is 9.10. The average molecular weight is 464 g/mol. The molecule has 0 atom stereocenters. The van der Waals surface area contributed by atoms with Crippen molar-refractivity contribution in [1.82, 2.24) is 9.88 Å². The number of hydrogen-bond donors (Lipinski definition) is 0. The topological polar surface area (TPSA) is 71.6 Å². The van der Waals surface area contributed by atoms with Gasteiger partial charge in [-0.25, -0.2) is 4.98 Å². The van der Waals surface area contributed by atoms with Crippen LogP contribution in [0.3, 0.4) is 0 Å². The van der Waals surface area contributed by atoms with Gasteiger partial charge in [-0.15, -0.1) is 23.7 Å². The highest BCUT2D eigenvalue weighted by atomic mass is 79.9. The summed E-state index contributed by atoms with van der Waals surface area (Å²) in [6.45, 7) is 1.68. The van der Waals surface area contributed by atoms with E-state index < -0.39 is 0 Å². The summed E-state index contributed by atoms with van der Waals surface area (Å²) in [6, 6.07) is 5.41. The van der Waals surface area contributed by atoms with Gasteiger partial charge in [0.2, 0.25) is 5.84 Å². The van der Waals surface area contributed by atoms with Gasteiger partial charge in [0.15, 0.2) is 0 Å². The van der Waals surface area contributed by atoms with Crippen LogP contribution in [-0.4, -0.2) is 33.7 Å². The molecule has 25 heavy (non-hydrogen) atoms. The van der Waals surface area contributed by atoms with Crippen molar-refractivity contribution in [3.05, 3.63) is 65.7 Å². The molecule has 0 spiro atoms. The van der Waals surface area contributed by atoms with E-state index >= 15 is 0 Å². The Hall–Kier alpha value is -1.48. The maximum absolute atomic E-state index is 11.5. The molecule has 0 unspecified atom stereocenters. The summed E-state index contributed by atoms with van der Waals surface area (Å²) in [4.78, 5) is 22.2. The monoisotopic (exact) mass is 462 g/mol. The lowest BCUT2D eigenvalue weighted by Gasteiger charge is -2.18. The average Bonchev–Trinajstić information content (AvgIpc) is 3.16. The minimum absolute atomic E-state index is 0. The van der Waals surface area contributed by atoms with Gasteiger partial charge in [0.05, 0.1) is 11.5 Å². The van der Waals surface area contributed by atoms with Crippen LogP contribution >= 0.6 is 51.3 Å². The lowest BCUT2D eigenvalue weighted by atomic mass is 10.2. The Morgan fingerprint density at radius 1 is 1.52 bits per heavy atom. The summed E-state index contributed by atoms with van der Waals surface area (Å²) in [7, 11) is 0. The minimum atomic E-state index is -0.384. The second kappa shape index (κ2) is 8.75. The zero-order valence-corrected chi connectivity index (χ0v) is 16.7. The van der Waals surface area contributed by atoms with Gasteiger partial charge in [0.25, 0.3) is 0 Å². The highest BCUT2D eigenvalue weighted by Gasteiger charge is 2.29. The van der Waals surface area contributed by atoms with Crippen molar-refractivity contribution in [1.29, 1.82) is 0 Å². The molecule has 0 saturated heterocycles. The van der Waals surface area contributed by atoms with Crippen molar-refractivity contribution >= 4 is 63.2 Å². The Bertz CT molecular complexity index is 823. The molecule has 10 heteroatoms. The van der Waals surface area contributed by atoms with E-state index in [-0.39, 0.29) is 23.0 Å². The van der Waals surface area contributed by atoms with Crippen LogP contribution in [0.5, 0.6) is 0 Å². The van der Waals surface area contributed by atoms with Gasteiger partial charge < -0.3 is 4.90 Å². The van der Waals surface area contributed by atoms with E-state index in [1.54, 1.807) is 18.3 Å². The maximum atomic E-state index is 11.5. The molecule has 0 fully saturated rings. The second-order valence-electron chi connectivity index (χ2n) is 5.07. The summed E-state index contributed by atoms with van der Waals surface area (Å²) < 4.78 is 0.902. The number of halogens is 3. The van der Waals surface area contributed by atoms with Crippen LogP contribution in [0.25, 0.3) is 6.08 Å². The molecule has 3 heterocycles. The van der Waals surface area contributed by atoms with E-state index in [1.165, 1.54) is 11.3 Å². The van der Waals surface area contributed by atoms with E-state index in [0.717, 1.165) is 14.9 Å². The molecule has 2 aromatic heterocycles. The van der Waals surface area contributed by atoms with Crippen LogP contribution in [-0.2, 0) is 6.54 Å². The first-order valence-electron chi connectivity index (χ1n) is 7.03. The van der Waals surface area contributed by atoms with Gasteiger partial charge in [-0.3, -0.25) is 15.1 Å². The number of pyridine rings is 1. The smallest absolute Gasteiger partial charge is 0.312 e. The van der Waals surface area contributed by atoms with Crippen molar-refractivity contribution in [2.45, 2.75) is 6.54 Å². The third kappa shape index (κ3) is 5.01. The molecule has 132 valence electrons. The molecule has 6 nitrogen and oxygen atoms in total. The molecule has 0 saturated carbocycles. The van der Waals surface area contributed by atoms with E-state index in [0.29, 0.717) is 30.6 Å². The van der Waals surface area contributed by atoms with E-state index in [1.807, 2.05) is 22.4 Å². The predicted octanol–water partition coefficient (Wildman–Crippen LogP) is 4.51. The van der Waals surface area contributed by atoms with Gasteiger partial charge >= 0.3 is 5.70 Å². The summed E-state index contributed by atoms with van der Waals surface area (Å²) in [6.07, 6.45) is 3.23. The molecule has 1 aliphatic rings. The van der Waals surface area contributed by atoms with Crippen molar-refractivity contribution in [2.24, 2.45) is 4.99 Å². The summed E-state index contributed by atoms with van der Waals surface area (Å²) in [5, 5.41) is 13.8. The SMILES string of the molecule is Cl.O=[N+]([O-])/C(=C\c1cc(Br)cs1)C1=NCCN1Cc1ccc(Cl)nc1. The lowest BCUT2D eigenvalue weighted by molar-refractivity contribution is -0.414. The molecule has 0 amide bonds. The van der Waals surface area contributed by atoms with E-state index in [2.05, 4.69) is 25.9 Å². The van der Waals surface area contributed by atoms with Crippen molar-refractivity contribution in [2.75, 3.05) is 13.1 Å². The molecule has 0 aliphatic carbocycles. The number of thiophene rings is 1. The van der Waals surface area contributed by atoms with Crippen LogP contribution < -0.4 is 0 Å². The molecule has 2 aromatic rings. The first-order valence-corrected chi connectivity index (χ1v) is 9.08. The number of aliphatic imine (C=N–C) groups is 1. The quantitative estimate of drug-likeness (QED) is 0.371. The number of nitro groups is 1. The maximum Gasteiger partial charge on any atom is 0.312 e. The van der Waals surface area contributed by atoms with E-state index in [4.69, 9.17) is 11.6 Å². The van der Waals surface area contributed by atoms with Gasteiger partial charge in [-0.05, 0) is 33.6 Å². The first kappa shape index (κ1) is 19.8. The highest BCUT2D eigenvalue weighted by Crippen LogP contribution is 2.24. The summed E-state index contributed by atoms with van der Waals surface area (Å²) >= 11 is 10.6. The Labute approximate surface area is 167 Å². The van der Waals surface area contributed by atoms with Gasteiger partial charge in [-0.2, -0.15) is 0 Å². The zero-order valence-electron chi connectivity index (χ0n) is 12.8. The van der Waals surface area contributed by atoms with Crippen molar-refractivity contribution in [3.8, 4) is 0 Å². The van der Waals surface area contributed by atoms with Crippen LogP contribution in [0.4, 0.5) is 0 Å². The van der Waals surface area contributed by atoms with Crippen LogP contribution in [0.1, 0.15) is 10.4 Å². The van der Waals surface area contributed by atoms with Gasteiger partial charge in [0, 0.05) is 40.1 Å². The number of amidine groups is 1. The number of aromatic nitrogens is 1. The van der Waals surface area contributed by atoms with Crippen LogP contribution in [0.15, 0.2) is 44.9 Å². The Kier molecular flexibility index (Phi) is 6.95. The standard InChI is InChI=1S/C15H12BrClN4O2S.ClH/c16-11-5-12(24-9-11)6-13(21(22)23)15-18-3-4-20(15)8-10-1-2-14(17)19-7-10;/h1-2,5-7,9H,3-4,8H2;1H/b13-6-;. The summed E-state index contributed by atoms with van der Waals surface area (Å²) in [5.41, 5.74) is 0.930. The van der Waals surface area contributed by atoms with Gasteiger partial charge in [-0.1, -0.05) is 17.7 Å². The molecule has 0 aromatic carbocycles. The zero-order chi connectivity index (χ0) is 17.1. The third-order valence-electron chi connectivity index (χ3n) is 3.39. The first-order chi connectivity index (χ1) is 11.5. The summed E-state index contributed by atoms with van der Waals surface area (Å²) in [5.74, 6) is 0.402. The number of nitrogens with zero attached hydrogens (tertiary/aromatic N) is 4. The fourth-order valence-corrected chi connectivity index (χ4v) is 3.82. The molecule has 0 N–H and O–H groups in total. The molecule has 1 aliphatic heterocycles. The number of hydrogen-bond acceptors (Lipinski definition) is 6. The predicted molar refractivity (Wildman–Crippen MR) is 106 cm³/mol. The molecular formula is C15H13BrCl2N4O2S. The molecule has 0 bridgehead atoms. The van der Waals surface area contributed by atoms with E-state index in [9.17, 15) is 10.1 Å². The Morgan fingerprint density at radius 3 is 2.92 bits per heavy atom. The van der Waals surface area contributed by atoms with Crippen LogP contribution in [0, 0.1) is 10.1 Å². The fourth-order valence-electron chi connectivity index (χ4n) is 2.34. The lowest BCUT2D eigenvalue weighted by Crippen LogP contribution is -2.30. The largest absolute Gasteiger partial charge is 0.345 e. The van der Waals surface area contributed by atoms with Crippen LogP contribution in [0.2, 0.25) is 5.15 Å². The number of rotatable bonds is 5. The molecular weight excluding hydrogens is 451 g/mol. The van der Waals surface area contributed by atoms with Gasteiger partial charge in [0.1, 0.15) is 5.15 Å². The molecule has 0 radical (unpaired) electrons. The minimum Gasteiger partial charge on any atom is -0.345 e. The fraction of sp³-hybridized carbons (Fsp3) is 0.200. The second-order valence-corrected chi connectivity index (χ2v) is 7.32.